The van der Waals surface area contributed by atoms with Crippen LogP contribution >= 0.6 is 0 Å². The normalized spacial score (nSPS) is 20.5. The average molecular weight is 736 g/mol. The van der Waals surface area contributed by atoms with Crippen LogP contribution in [0.3, 0.4) is 0 Å². The molecule has 3 fully saturated rings. The van der Waals surface area contributed by atoms with E-state index in [0.29, 0.717) is 18.6 Å². The average Bonchev–Trinajstić information content (AvgIpc) is 3.49. The molecule has 3 N–H and O–H groups in total. The summed E-state index contributed by atoms with van der Waals surface area (Å²) in [5, 5.41) is 14.7. The molecule has 2 aliphatic heterocycles. The van der Waals surface area contributed by atoms with E-state index in [-0.39, 0.29) is 54.6 Å². The van der Waals surface area contributed by atoms with E-state index in [1.165, 1.54) is 23.1 Å². The molecular weight excluding hydrogens is 694 g/mol. The van der Waals surface area contributed by atoms with E-state index in [2.05, 4.69) is 20.4 Å². The van der Waals surface area contributed by atoms with Crippen molar-refractivity contribution in [3.63, 3.8) is 0 Å². The number of piperazine rings is 1. The van der Waals surface area contributed by atoms with Gasteiger partial charge in [-0.2, -0.15) is 13.2 Å². The Kier molecular flexibility index (Phi) is 10.5. The first-order valence-corrected chi connectivity index (χ1v) is 17.9. The van der Waals surface area contributed by atoms with Crippen molar-refractivity contribution in [3.8, 4) is 0 Å². The van der Waals surface area contributed by atoms with Gasteiger partial charge in [-0.25, -0.2) is 14.2 Å². The van der Waals surface area contributed by atoms with Crippen LogP contribution < -0.4 is 15.5 Å². The number of imide groups is 1. The number of carbonyl (C=O) groups is 3. The Morgan fingerprint density at radius 2 is 1.57 bits per heavy atom. The third-order valence-corrected chi connectivity index (χ3v) is 10.5. The molecule has 0 unspecified atom stereocenters. The molecule has 3 heterocycles. The van der Waals surface area contributed by atoms with Gasteiger partial charge in [-0.05, 0) is 85.2 Å². The molecule has 4 amide bonds. The number of aliphatic hydroxyl groups is 1. The van der Waals surface area contributed by atoms with E-state index in [1.807, 2.05) is 22.8 Å². The molecule has 3 aromatic carbocycles. The van der Waals surface area contributed by atoms with Gasteiger partial charge in [0.1, 0.15) is 5.82 Å². The van der Waals surface area contributed by atoms with Gasteiger partial charge in [-0.3, -0.25) is 34.9 Å². The first-order chi connectivity index (χ1) is 25.4. The highest BCUT2D eigenvalue weighted by atomic mass is 19.4. The Morgan fingerprint density at radius 3 is 2.21 bits per heavy atom. The van der Waals surface area contributed by atoms with Crippen molar-refractivity contribution in [1.29, 1.82) is 0 Å². The molecule has 1 saturated carbocycles. The lowest BCUT2D eigenvalue weighted by molar-refractivity contribution is -0.137. The van der Waals surface area contributed by atoms with Crippen LogP contribution in [-0.2, 0) is 24.1 Å². The number of halogens is 4. The van der Waals surface area contributed by atoms with Crippen LogP contribution in [0.2, 0.25) is 0 Å². The van der Waals surface area contributed by atoms with Crippen molar-refractivity contribution in [2.24, 2.45) is 5.92 Å². The second kappa shape index (κ2) is 15.2. The monoisotopic (exact) mass is 735 g/mol. The van der Waals surface area contributed by atoms with E-state index in [1.54, 1.807) is 12.1 Å². The first-order valence-electron chi connectivity index (χ1n) is 17.9. The fraction of sp³-hybridized carbons (Fsp3) is 0.421. The van der Waals surface area contributed by atoms with Crippen molar-refractivity contribution in [1.82, 2.24) is 24.7 Å². The molecular formula is C38H41F4N7O4. The van der Waals surface area contributed by atoms with Crippen LogP contribution in [0.15, 0.2) is 60.7 Å². The number of fused-ring (bicyclic) bond motifs is 1. The number of amides is 4. The van der Waals surface area contributed by atoms with Crippen LogP contribution in [0, 0.1) is 11.7 Å². The molecule has 2 saturated heterocycles. The number of urea groups is 1. The van der Waals surface area contributed by atoms with Crippen LogP contribution in [0.1, 0.15) is 65.2 Å². The number of aromatic nitrogens is 2. The standard InChI is InChI=1S/C38H41F4N7O4/c39-30-18-25(6-10-32(30)48-13-12-34(51)44-37(48)53)21-46-14-16-47(17-15-46)22-26-7-11-33-31(19-26)43-36(49(33)29-8-4-24(23-50)5-9-29)45-35(52)27-2-1-3-28(20-27)38(40,41)42/h1-3,6-7,10-11,18-20,24,29,50H,4-5,8-9,12-17,21-23H2,(H,43,45,52)(H,44,51,53). The van der Waals surface area contributed by atoms with Gasteiger partial charge in [0.05, 0.1) is 22.3 Å². The molecule has 0 spiro atoms. The lowest BCUT2D eigenvalue weighted by Crippen LogP contribution is -2.49. The smallest absolute Gasteiger partial charge is 0.396 e. The van der Waals surface area contributed by atoms with Crippen molar-refractivity contribution < 1.29 is 37.1 Å². The number of hydrogen-bond acceptors (Lipinski definition) is 7. The second-order valence-corrected chi connectivity index (χ2v) is 14.1. The predicted molar refractivity (Wildman–Crippen MR) is 190 cm³/mol. The molecule has 0 atom stereocenters. The van der Waals surface area contributed by atoms with Gasteiger partial charge in [0.15, 0.2) is 0 Å². The Morgan fingerprint density at radius 1 is 0.887 bits per heavy atom. The molecule has 3 aliphatic rings. The molecule has 15 heteroatoms. The first kappa shape index (κ1) is 36.5. The lowest BCUT2D eigenvalue weighted by atomic mass is 9.86. The Bertz CT molecular complexity index is 2000. The zero-order valence-electron chi connectivity index (χ0n) is 29.0. The predicted octanol–water partition coefficient (Wildman–Crippen LogP) is 5.93. The largest absolute Gasteiger partial charge is 0.416 e. The fourth-order valence-electron chi connectivity index (χ4n) is 7.58. The van der Waals surface area contributed by atoms with Gasteiger partial charge in [-0.15, -0.1) is 0 Å². The van der Waals surface area contributed by atoms with Gasteiger partial charge >= 0.3 is 12.2 Å². The van der Waals surface area contributed by atoms with Gasteiger partial charge in [0.25, 0.3) is 5.91 Å². The van der Waals surface area contributed by atoms with Crippen LogP contribution in [0.25, 0.3) is 11.0 Å². The zero-order chi connectivity index (χ0) is 37.3. The Balaban J connectivity index is 1.02. The summed E-state index contributed by atoms with van der Waals surface area (Å²) >= 11 is 0. The second-order valence-electron chi connectivity index (χ2n) is 14.1. The Hall–Kier alpha value is -4.86. The number of alkyl halides is 3. The van der Waals surface area contributed by atoms with Gasteiger partial charge in [0.2, 0.25) is 11.9 Å². The summed E-state index contributed by atoms with van der Waals surface area (Å²) in [6.07, 6.45) is -1.30. The molecule has 280 valence electrons. The highest BCUT2D eigenvalue weighted by molar-refractivity contribution is 6.06. The summed E-state index contributed by atoms with van der Waals surface area (Å²) in [5.74, 6) is -1.08. The SMILES string of the molecule is O=C1CCN(c2ccc(CN3CCN(Cc4ccc5c(c4)nc(NC(=O)c4cccc(C(F)(F)F)c4)n5C4CCC(CO)CC4)CC3)cc2F)C(=O)N1. The lowest BCUT2D eigenvalue weighted by Gasteiger charge is -2.35. The molecule has 53 heavy (non-hydrogen) atoms. The van der Waals surface area contributed by atoms with Crippen molar-refractivity contribution >= 4 is 40.5 Å². The number of nitrogens with zero attached hydrogens (tertiary/aromatic N) is 5. The summed E-state index contributed by atoms with van der Waals surface area (Å²) in [5.41, 5.74) is 2.42. The zero-order valence-corrected chi connectivity index (χ0v) is 29.0. The quantitative estimate of drug-likeness (QED) is 0.182. The molecule has 4 aromatic rings. The molecule has 1 aromatic heterocycles. The topological polar surface area (TPSA) is 123 Å². The van der Waals surface area contributed by atoms with Crippen molar-refractivity contribution in [2.45, 2.75) is 57.4 Å². The number of rotatable bonds is 9. The Labute approximate surface area is 303 Å². The summed E-state index contributed by atoms with van der Waals surface area (Å²) in [6, 6.07) is 14.5. The minimum absolute atomic E-state index is 0.00171. The molecule has 0 radical (unpaired) electrons. The summed E-state index contributed by atoms with van der Waals surface area (Å²) < 4.78 is 57.1. The van der Waals surface area contributed by atoms with E-state index >= 15 is 4.39 Å². The van der Waals surface area contributed by atoms with E-state index in [4.69, 9.17) is 4.98 Å². The maximum atomic E-state index is 15.0. The highest BCUT2D eigenvalue weighted by Gasteiger charge is 2.32. The number of aliphatic hydroxyl groups excluding tert-OH is 1. The number of anilines is 2. The summed E-state index contributed by atoms with van der Waals surface area (Å²) in [7, 11) is 0. The van der Waals surface area contributed by atoms with Gasteiger partial charge < -0.3 is 9.67 Å². The maximum Gasteiger partial charge on any atom is 0.416 e. The highest BCUT2D eigenvalue weighted by Crippen LogP contribution is 2.37. The number of hydrogen-bond donors (Lipinski definition) is 3. The summed E-state index contributed by atoms with van der Waals surface area (Å²) in [6.45, 7) is 4.54. The molecule has 0 bridgehead atoms. The van der Waals surface area contributed by atoms with E-state index in [9.17, 15) is 32.7 Å². The fourth-order valence-corrected chi connectivity index (χ4v) is 7.58. The van der Waals surface area contributed by atoms with Crippen LogP contribution in [0.4, 0.5) is 34.0 Å². The number of nitrogens with one attached hydrogen (secondary N) is 2. The molecule has 11 nitrogen and oxygen atoms in total. The van der Waals surface area contributed by atoms with Gasteiger partial charge in [0, 0.05) is 70.4 Å². The minimum Gasteiger partial charge on any atom is -0.396 e. The number of benzene rings is 3. The maximum absolute atomic E-state index is 15.0. The van der Waals surface area contributed by atoms with Crippen LogP contribution in [0.5, 0.6) is 0 Å². The number of imidazole rings is 1. The molecule has 7 rings (SSSR count). The number of carbonyl (C=O) groups excluding carboxylic acids is 3. The van der Waals surface area contributed by atoms with Crippen LogP contribution in [-0.4, -0.2) is 81.6 Å². The van der Waals surface area contributed by atoms with E-state index < -0.39 is 29.5 Å². The van der Waals surface area contributed by atoms with Gasteiger partial charge in [-0.1, -0.05) is 18.2 Å². The van der Waals surface area contributed by atoms with E-state index in [0.717, 1.165) is 80.6 Å². The van der Waals surface area contributed by atoms with Crippen molar-refractivity contribution in [3.05, 3.63) is 88.7 Å². The molecule has 1 aliphatic carbocycles. The summed E-state index contributed by atoms with van der Waals surface area (Å²) in [4.78, 5) is 47.5. The third kappa shape index (κ3) is 8.21. The third-order valence-electron chi connectivity index (χ3n) is 10.5. The minimum atomic E-state index is -4.58. The van der Waals surface area contributed by atoms with Crippen molar-refractivity contribution in [2.75, 3.05) is 49.5 Å².